The van der Waals surface area contributed by atoms with Gasteiger partial charge in [-0.3, -0.25) is 9.59 Å². The van der Waals surface area contributed by atoms with Crippen LogP contribution < -0.4 is 14.4 Å². The first-order valence-corrected chi connectivity index (χ1v) is 17.4. The molecule has 2 bridgehead atoms. The number of aliphatic hydroxyl groups excluding tert-OH is 1. The second-order valence-corrected chi connectivity index (χ2v) is 15.2. The smallest absolute Gasteiger partial charge is 0.303 e. The van der Waals surface area contributed by atoms with Gasteiger partial charge in [-0.05, 0) is 105 Å². The minimum Gasteiger partial charge on any atom is -0.490 e. The van der Waals surface area contributed by atoms with Crippen molar-refractivity contribution < 1.29 is 33.0 Å². The monoisotopic (exact) mass is 642 g/mol. The van der Waals surface area contributed by atoms with Crippen LogP contribution in [0.3, 0.4) is 0 Å². The van der Waals surface area contributed by atoms with Crippen LogP contribution in [0.15, 0.2) is 48.6 Å². The number of fused-ring (bicyclic) bond motifs is 4. The molecule has 5 atom stereocenters. The molecule has 1 spiro atoms. The largest absolute Gasteiger partial charge is 0.490 e. The summed E-state index contributed by atoms with van der Waals surface area (Å²) in [4.78, 5) is 26.9. The number of anilines is 1. The van der Waals surface area contributed by atoms with Crippen molar-refractivity contribution in [2.75, 3.05) is 24.6 Å². The number of hydrogen-bond donors (Lipinski definition) is 3. The molecule has 1 saturated carbocycles. The molecule has 44 heavy (non-hydrogen) atoms. The first kappa shape index (κ1) is 30.9. The number of hydrogen-bond acceptors (Lipinski definition) is 7. The summed E-state index contributed by atoms with van der Waals surface area (Å²) in [7, 11) is -4.18. The number of ether oxygens (including phenoxy) is 1. The van der Waals surface area contributed by atoms with E-state index >= 15 is 0 Å². The number of carbonyl (C=O) groups is 2. The van der Waals surface area contributed by atoms with E-state index in [2.05, 4.69) is 15.7 Å². The first-order chi connectivity index (χ1) is 21.0. The molecule has 3 N–H and O–H groups in total. The van der Waals surface area contributed by atoms with Gasteiger partial charge < -0.3 is 19.8 Å². The van der Waals surface area contributed by atoms with Crippen molar-refractivity contribution in [1.82, 2.24) is 4.72 Å². The Bertz CT molecular complexity index is 1580. The summed E-state index contributed by atoms with van der Waals surface area (Å²) in [6, 6.07) is 11.1. The van der Waals surface area contributed by atoms with Crippen LogP contribution in [-0.4, -0.2) is 61.6 Å². The lowest BCUT2D eigenvalue weighted by Gasteiger charge is -2.45. The Morgan fingerprint density at radius 1 is 1.16 bits per heavy atom. The van der Waals surface area contributed by atoms with E-state index in [0.717, 1.165) is 37.8 Å². The maximum Gasteiger partial charge on any atom is 0.303 e. The molecular formula is C33H39ClN2O7S. The first-order valence-electron chi connectivity index (χ1n) is 15.5. The predicted molar refractivity (Wildman–Crippen MR) is 168 cm³/mol. The van der Waals surface area contributed by atoms with Crippen LogP contribution in [0, 0.1) is 11.8 Å². The van der Waals surface area contributed by atoms with Gasteiger partial charge in [-0.25, -0.2) is 13.1 Å². The van der Waals surface area contributed by atoms with Crippen LogP contribution >= 0.6 is 11.6 Å². The van der Waals surface area contributed by atoms with Crippen LogP contribution in [0.25, 0.3) is 0 Å². The average molecular weight is 643 g/mol. The second-order valence-electron chi connectivity index (χ2n) is 12.8. The fourth-order valence-electron chi connectivity index (χ4n) is 7.48. The Morgan fingerprint density at radius 3 is 2.77 bits per heavy atom. The molecule has 2 heterocycles. The molecule has 1 amide bonds. The number of nitrogens with one attached hydrogen (secondary N) is 1. The predicted octanol–water partition coefficient (Wildman–Crippen LogP) is 4.84. The van der Waals surface area contributed by atoms with Crippen molar-refractivity contribution in [2.45, 2.75) is 74.6 Å². The van der Waals surface area contributed by atoms with Gasteiger partial charge in [-0.1, -0.05) is 29.8 Å². The molecule has 9 nitrogen and oxygen atoms in total. The normalized spacial score (nSPS) is 30.5. The zero-order valence-corrected chi connectivity index (χ0v) is 26.2. The average Bonchev–Trinajstić information content (AvgIpc) is 3.10. The zero-order chi connectivity index (χ0) is 31.1. The van der Waals surface area contributed by atoms with E-state index in [4.69, 9.17) is 16.3 Å². The minimum atomic E-state index is -4.18. The van der Waals surface area contributed by atoms with Crippen LogP contribution in [0.2, 0.25) is 5.02 Å². The molecule has 236 valence electrons. The number of halogens is 1. The Hall–Kier alpha value is -3.08. The minimum absolute atomic E-state index is 0.0539. The van der Waals surface area contributed by atoms with E-state index in [1.54, 1.807) is 30.4 Å². The molecule has 4 aliphatic rings. The number of nitrogens with zero attached hydrogens (tertiary/aromatic N) is 1. The fourth-order valence-corrected chi connectivity index (χ4v) is 9.09. The van der Waals surface area contributed by atoms with Crippen LogP contribution in [-0.2, 0) is 26.7 Å². The maximum atomic E-state index is 13.4. The number of aryl methyl sites for hydroxylation is 1. The van der Waals surface area contributed by atoms with E-state index in [0.29, 0.717) is 36.9 Å². The number of carboxylic acids is 1. The molecule has 2 aliphatic carbocycles. The maximum absolute atomic E-state index is 13.4. The topological polar surface area (TPSA) is 133 Å². The summed E-state index contributed by atoms with van der Waals surface area (Å²) in [5, 5.41) is 19.9. The number of amides is 1. The lowest BCUT2D eigenvalue weighted by atomic mass is 9.68. The van der Waals surface area contributed by atoms with Gasteiger partial charge in [0.1, 0.15) is 5.75 Å². The highest BCUT2D eigenvalue weighted by atomic mass is 35.5. The number of carboxylic acid groups (broad SMARTS) is 1. The molecule has 2 aromatic carbocycles. The molecule has 2 aromatic rings. The summed E-state index contributed by atoms with van der Waals surface area (Å²) in [5.74, 6) is -0.963. The van der Waals surface area contributed by atoms with E-state index < -0.39 is 33.3 Å². The van der Waals surface area contributed by atoms with Gasteiger partial charge in [0, 0.05) is 35.5 Å². The lowest BCUT2D eigenvalue weighted by Crippen LogP contribution is -2.49. The van der Waals surface area contributed by atoms with Crippen LogP contribution in [0.1, 0.15) is 72.9 Å². The standard InChI is InChI=1S/C33H39ClN2O7S/c34-24-9-12-27-21(16-24)4-3-15-33(27)19-36-18-23-7-11-26(23)29(37)6-2-1-5-25(10-14-31(38)39)44(41,42)35-32(40)22-8-13-30(43-20-33)28(36)17-22/h2,6,8-9,12-13,16-17,23,25-26,29,37H,1,3-5,7,10-11,14-15,18-20H2,(H,35,40)(H,38,39)/b6-2+/t23-,25+,26+,29-,33-/m0/s1. The van der Waals surface area contributed by atoms with Gasteiger partial charge in [-0.2, -0.15) is 0 Å². The summed E-state index contributed by atoms with van der Waals surface area (Å²) in [5.41, 5.74) is 3.04. The number of aliphatic hydroxyl groups is 1. The highest BCUT2D eigenvalue weighted by Crippen LogP contribution is 2.46. The van der Waals surface area contributed by atoms with Crippen molar-refractivity contribution in [1.29, 1.82) is 0 Å². The fraction of sp³-hybridized carbons (Fsp3) is 0.515. The van der Waals surface area contributed by atoms with Gasteiger partial charge in [-0.15, -0.1) is 0 Å². The van der Waals surface area contributed by atoms with E-state index in [9.17, 15) is 28.2 Å². The molecular weight excluding hydrogens is 604 g/mol. The number of allylic oxidation sites excluding steroid dienone is 1. The van der Waals surface area contributed by atoms with Crippen LogP contribution in [0.5, 0.6) is 5.75 Å². The molecule has 0 saturated heterocycles. The third kappa shape index (κ3) is 6.21. The summed E-state index contributed by atoms with van der Waals surface area (Å²) < 4.78 is 35.4. The Morgan fingerprint density at radius 2 is 2.00 bits per heavy atom. The third-order valence-electron chi connectivity index (χ3n) is 10.0. The molecule has 0 unspecified atom stereocenters. The Kier molecular flexibility index (Phi) is 8.69. The number of rotatable bonds is 3. The van der Waals surface area contributed by atoms with Gasteiger partial charge in [0.25, 0.3) is 5.91 Å². The van der Waals surface area contributed by atoms with Gasteiger partial charge in [0.05, 0.1) is 23.6 Å². The molecule has 1 fully saturated rings. The van der Waals surface area contributed by atoms with Crippen molar-refractivity contribution in [3.8, 4) is 5.75 Å². The van der Waals surface area contributed by atoms with Crippen molar-refractivity contribution in [2.24, 2.45) is 11.8 Å². The van der Waals surface area contributed by atoms with Crippen molar-refractivity contribution >= 4 is 39.2 Å². The number of benzene rings is 2. The molecule has 0 radical (unpaired) electrons. The summed E-state index contributed by atoms with van der Waals surface area (Å²) in [6.07, 6.45) is 7.57. The van der Waals surface area contributed by atoms with E-state index in [1.165, 1.54) is 11.1 Å². The SMILES string of the molecule is O=C(O)CC[C@H]1CC/C=C/[C@H](O)[C@@H]2CC[C@H]2CN2C[C@@]3(CCCc4cc(Cl)ccc43)COc3ccc(cc32)C(=O)NS1(=O)=O. The second kappa shape index (κ2) is 12.4. The van der Waals surface area contributed by atoms with E-state index in [1.807, 2.05) is 12.1 Å². The quantitative estimate of drug-likeness (QED) is 0.405. The molecule has 0 aromatic heterocycles. The van der Waals surface area contributed by atoms with Gasteiger partial charge >= 0.3 is 5.97 Å². The highest BCUT2D eigenvalue weighted by molar-refractivity contribution is 7.90. The summed E-state index contributed by atoms with van der Waals surface area (Å²) >= 11 is 6.37. The molecule has 11 heteroatoms. The molecule has 6 rings (SSSR count). The van der Waals surface area contributed by atoms with Gasteiger partial charge in [0.15, 0.2) is 0 Å². The highest BCUT2D eigenvalue weighted by Gasteiger charge is 2.44. The molecule has 2 aliphatic heterocycles. The Balaban J connectivity index is 1.39. The number of carbonyl (C=O) groups excluding carboxylic acids is 1. The van der Waals surface area contributed by atoms with Gasteiger partial charge in [0.2, 0.25) is 10.0 Å². The van der Waals surface area contributed by atoms with Crippen molar-refractivity contribution in [3.05, 3.63) is 70.3 Å². The number of sulfonamides is 1. The summed E-state index contributed by atoms with van der Waals surface area (Å²) in [6.45, 7) is 1.76. The van der Waals surface area contributed by atoms with E-state index in [-0.39, 0.29) is 42.1 Å². The van der Waals surface area contributed by atoms with Crippen LogP contribution in [0.4, 0.5) is 5.69 Å². The zero-order valence-electron chi connectivity index (χ0n) is 24.6. The van der Waals surface area contributed by atoms with Crippen molar-refractivity contribution in [3.63, 3.8) is 0 Å². The number of aliphatic carboxylic acids is 1. The third-order valence-corrected chi connectivity index (χ3v) is 12.1. The lowest BCUT2D eigenvalue weighted by molar-refractivity contribution is -0.137. The Labute approximate surface area is 263 Å².